The Bertz CT molecular complexity index is 1690. The van der Waals surface area contributed by atoms with Crippen molar-refractivity contribution in [2.45, 2.75) is 36.8 Å². The van der Waals surface area contributed by atoms with Gasteiger partial charge in [-0.25, -0.2) is 0 Å². The minimum absolute atomic E-state index is 0.00882. The molecule has 9 N–H and O–H groups in total. The van der Waals surface area contributed by atoms with E-state index in [4.69, 9.17) is 14.2 Å². The number of ether oxygens (including phenoxy) is 3. The molecule has 0 radical (unpaired) electrons. The van der Waals surface area contributed by atoms with E-state index in [0.717, 1.165) is 12.1 Å². The lowest BCUT2D eigenvalue weighted by atomic mass is 9.77. The topological polar surface area (TPSA) is 210 Å². The van der Waals surface area contributed by atoms with Crippen molar-refractivity contribution >= 4 is 0 Å². The number of benzene rings is 4. The Morgan fingerprint density at radius 3 is 1.95 bits per heavy atom. The fourth-order valence-corrected chi connectivity index (χ4v) is 5.93. The predicted molar refractivity (Wildman–Crippen MR) is 148 cm³/mol. The summed E-state index contributed by atoms with van der Waals surface area (Å²) >= 11 is 0. The molecule has 0 bridgehead atoms. The van der Waals surface area contributed by atoms with E-state index in [-0.39, 0.29) is 57.4 Å². The molecular formula is C31H28O12. The van der Waals surface area contributed by atoms with Crippen molar-refractivity contribution in [3.8, 4) is 57.5 Å². The maximum atomic E-state index is 11.8. The first kappa shape index (κ1) is 27.9. The van der Waals surface area contributed by atoms with Crippen LogP contribution in [-0.4, -0.2) is 65.3 Å². The van der Waals surface area contributed by atoms with Gasteiger partial charge in [-0.2, -0.15) is 0 Å². The van der Waals surface area contributed by atoms with Gasteiger partial charge in [0, 0.05) is 46.9 Å². The second-order valence-electron chi connectivity index (χ2n) is 10.5. The third-order valence-corrected chi connectivity index (χ3v) is 7.84. The molecule has 12 nitrogen and oxygen atoms in total. The van der Waals surface area contributed by atoms with Crippen molar-refractivity contribution in [3.05, 3.63) is 82.4 Å². The number of phenols is 7. The smallest absolute Gasteiger partial charge is 0.202 e. The van der Waals surface area contributed by atoms with Crippen LogP contribution in [-0.2, 0) is 6.42 Å². The summed E-state index contributed by atoms with van der Waals surface area (Å²) in [7, 11) is 1.26. The molecule has 2 aliphatic heterocycles. The van der Waals surface area contributed by atoms with Gasteiger partial charge >= 0.3 is 0 Å². The van der Waals surface area contributed by atoms with Crippen LogP contribution in [0.1, 0.15) is 45.9 Å². The van der Waals surface area contributed by atoms with Crippen LogP contribution in [0.4, 0.5) is 0 Å². The lowest BCUT2D eigenvalue weighted by molar-refractivity contribution is 0.00119. The van der Waals surface area contributed by atoms with E-state index >= 15 is 0 Å². The van der Waals surface area contributed by atoms with Gasteiger partial charge < -0.3 is 60.2 Å². The number of methoxy groups -OCH3 is 1. The lowest BCUT2D eigenvalue weighted by Crippen LogP contribution is -2.36. The first-order chi connectivity index (χ1) is 20.5. The Morgan fingerprint density at radius 1 is 0.651 bits per heavy atom. The number of aliphatic hydroxyl groups excluding tert-OH is 2. The highest BCUT2D eigenvalue weighted by Gasteiger charge is 2.46. The van der Waals surface area contributed by atoms with Crippen LogP contribution >= 0.6 is 0 Å². The molecule has 2 heterocycles. The normalized spacial score (nSPS) is 22.5. The summed E-state index contributed by atoms with van der Waals surface area (Å²) in [6.07, 6.45) is -5.33. The second kappa shape index (κ2) is 10.3. The monoisotopic (exact) mass is 592 g/mol. The van der Waals surface area contributed by atoms with E-state index in [9.17, 15) is 46.0 Å². The van der Waals surface area contributed by atoms with Gasteiger partial charge in [0.25, 0.3) is 0 Å². The van der Waals surface area contributed by atoms with Crippen molar-refractivity contribution in [1.29, 1.82) is 0 Å². The highest BCUT2D eigenvalue weighted by atomic mass is 16.5. The fourth-order valence-electron chi connectivity index (χ4n) is 5.93. The number of hydrogen-bond acceptors (Lipinski definition) is 12. The summed E-state index contributed by atoms with van der Waals surface area (Å²) in [5.41, 5.74) is 0.612. The molecular weight excluding hydrogens is 564 g/mol. The van der Waals surface area contributed by atoms with E-state index in [2.05, 4.69) is 0 Å². The molecule has 4 aromatic rings. The van der Waals surface area contributed by atoms with Gasteiger partial charge in [-0.3, -0.25) is 0 Å². The summed E-state index contributed by atoms with van der Waals surface area (Å²) in [6, 6.07) is 11.6. The Hall–Kier alpha value is -5.20. The SMILES string of the molecule is COc1c(O)cc(C2Oc3c(c(O)cc(O)c3[C@H]3c4c(O)cc(O)cc4OC(c4ccc(O)cc4)[C@@H]3O)C[C@H]2O)cc1O. The van der Waals surface area contributed by atoms with Crippen LogP contribution in [0.15, 0.2) is 54.6 Å². The molecule has 0 saturated heterocycles. The Kier molecular flexibility index (Phi) is 6.67. The largest absolute Gasteiger partial charge is 0.508 e. The number of hydrogen-bond donors (Lipinski definition) is 9. The summed E-state index contributed by atoms with van der Waals surface area (Å²) in [5, 5.41) is 96.5. The number of phenolic OH excluding ortho intramolecular Hbond substituents is 7. The molecule has 12 heteroatoms. The fraction of sp³-hybridized carbons (Fsp3) is 0.226. The molecule has 2 unspecified atom stereocenters. The van der Waals surface area contributed by atoms with E-state index in [1.54, 1.807) is 0 Å². The first-order valence-electron chi connectivity index (χ1n) is 13.2. The Labute approximate surface area is 244 Å². The molecule has 224 valence electrons. The molecule has 0 saturated carbocycles. The third-order valence-electron chi connectivity index (χ3n) is 7.84. The van der Waals surface area contributed by atoms with Crippen LogP contribution in [0.3, 0.4) is 0 Å². The van der Waals surface area contributed by atoms with Crippen LogP contribution in [0.25, 0.3) is 0 Å². The maximum absolute atomic E-state index is 11.8. The first-order valence-corrected chi connectivity index (χ1v) is 13.2. The zero-order valence-electron chi connectivity index (χ0n) is 22.5. The van der Waals surface area contributed by atoms with Crippen molar-refractivity contribution in [2.75, 3.05) is 7.11 Å². The molecule has 6 rings (SSSR count). The lowest BCUT2D eigenvalue weighted by Gasteiger charge is -2.40. The highest BCUT2D eigenvalue weighted by Crippen LogP contribution is 2.57. The average Bonchev–Trinajstić information content (AvgIpc) is 2.94. The molecule has 2 aliphatic rings. The highest BCUT2D eigenvalue weighted by molar-refractivity contribution is 5.66. The summed E-state index contributed by atoms with van der Waals surface area (Å²) in [5.74, 6) is -4.16. The van der Waals surface area contributed by atoms with Crippen LogP contribution < -0.4 is 14.2 Å². The summed E-state index contributed by atoms with van der Waals surface area (Å²) in [6.45, 7) is 0. The van der Waals surface area contributed by atoms with Gasteiger partial charge in [-0.1, -0.05) is 12.1 Å². The van der Waals surface area contributed by atoms with Gasteiger partial charge in [-0.15, -0.1) is 0 Å². The average molecular weight is 593 g/mol. The van der Waals surface area contributed by atoms with Gasteiger partial charge in [-0.05, 0) is 29.8 Å². The Balaban J connectivity index is 1.54. The van der Waals surface area contributed by atoms with Crippen molar-refractivity contribution in [3.63, 3.8) is 0 Å². The number of rotatable bonds is 4. The Morgan fingerprint density at radius 2 is 1.30 bits per heavy atom. The zero-order valence-corrected chi connectivity index (χ0v) is 22.5. The molecule has 0 aromatic heterocycles. The third kappa shape index (κ3) is 4.57. The van der Waals surface area contributed by atoms with E-state index in [1.165, 1.54) is 49.6 Å². The van der Waals surface area contributed by atoms with Crippen LogP contribution in [0.2, 0.25) is 0 Å². The van der Waals surface area contributed by atoms with E-state index < -0.39 is 59.1 Å². The van der Waals surface area contributed by atoms with Crippen molar-refractivity contribution < 1.29 is 60.2 Å². The predicted octanol–water partition coefficient (Wildman–Crippen LogP) is 3.30. The van der Waals surface area contributed by atoms with E-state index in [1.807, 2.05) is 0 Å². The van der Waals surface area contributed by atoms with Gasteiger partial charge in [0.15, 0.2) is 23.7 Å². The molecule has 0 spiro atoms. The zero-order chi connectivity index (χ0) is 30.7. The minimum Gasteiger partial charge on any atom is -0.508 e. The molecule has 43 heavy (non-hydrogen) atoms. The quantitative estimate of drug-likeness (QED) is 0.167. The van der Waals surface area contributed by atoms with Crippen molar-refractivity contribution in [1.82, 2.24) is 0 Å². The van der Waals surface area contributed by atoms with E-state index in [0.29, 0.717) is 5.56 Å². The van der Waals surface area contributed by atoms with Gasteiger partial charge in [0.1, 0.15) is 46.4 Å². The maximum Gasteiger partial charge on any atom is 0.202 e. The summed E-state index contributed by atoms with van der Waals surface area (Å²) < 4.78 is 17.2. The minimum atomic E-state index is -1.50. The number of aromatic hydroxyl groups is 7. The molecule has 0 fully saturated rings. The number of fused-ring (bicyclic) bond motifs is 2. The molecule has 0 amide bonds. The van der Waals surface area contributed by atoms with Crippen molar-refractivity contribution in [2.24, 2.45) is 0 Å². The van der Waals surface area contributed by atoms with Crippen LogP contribution in [0, 0.1) is 0 Å². The summed E-state index contributed by atoms with van der Waals surface area (Å²) in [4.78, 5) is 0. The molecule has 5 atom stereocenters. The van der Waals surface area contributed by atoms with Gasteiger partial charge in [0.2, 0.25) is 5.75 Å². The standard InChI is InChI=1S/C31H28O12/c1-41-31-20(37)6-13(7-21(31)38)28-22(39)10-16-17(34)11-19(36)25(30(16)43-28)26-24-18(35)8-15(33)9-23(24)42-29(27(26)40)12-2-4-14(32)5-3-12/h2-9,11,22,26-29,32-40H,10H2,1H3/t22-,26-,27-,28?,29?/m1/s1. The number of aliphatic hydroxyl groups is 2. The molecule has 4 aromatic carbocycles. The van der Waals surface area contributed by atoms with Crippen LogP contribution in [0.5, 0.6) is 57.5 Å². The second-order valence-corrected chi connectivity index (χ2v) is 10.5. The molecule has 0 aliphatic carbocycles. The van der Waals surface area contributed by atoms with Gasteiger partial charge in [0.05, 0.1) is 19.1 Å².